The Morgan fingerprint density at radius 3 is 2.88 bits per heavy atom. The van der Waals surface area contributed by atoms with Gasteiger partial charge in [0.25, 0.3) is 0 Å². The lowest BCUT2D eigenvalue weighted by molar-refractivity contribution is -0.114. The van der Waals surface area contributed by atoms with Gasteiger partial charge >= 0.3 is 5.63 Å². The van der Waals surface area contributed by atoms with Gasteiger partial charge in [-0.05, 0) is 18.2 Å². The number of aryl methyl sites for hydroxylation is 1. The molecule has 1 aromatic heterocycles. The van der Waals surface area contributed by atoms with Crippen molar-refractivity contribution in [3.8, 4) is 0 Å². The zero-order valence-corrected chi connectivity index (χ0v) is 8.90. The summed E-state index contributed by atoms with van der Waals surface area (Å²) in [5.41, 5.74) is 0.663. The molecule has 1 amide bonds. The molecular formula is C11H10N2O3. The van der Waals surface area contributed by atoms with Gasteiger partial charge in [0, 0.05) is 19.5 Å². The first kappa shape index (κ1) is 10.4. The van der Waals surface area contributed by atoms with Crippen molar-refractivity contribution in [3.05, 3.63) is 34.5 Å². The summed E-state index contributed by atoms with van der Waals surface area (Å²) in [6, 6.07) is 4.91. The van der Waals surface area contributed by atoms with E-state index in [-0.39, 0.29) is 5.91 Å². The van der Waals surface area contributed by atoms with Gasteiger partial charge in [-0.15, -0.1) is 0 Å². The van der Waals surface area contributed by atoms with Crippen molar-refractivity contribution in [2.75, 3.05) is 5.32 Å². The summed E-state index contributed by atoms with van der Waals surface area (Å²) in [6.45, 7) is 3.02. The molecule has 0 atom stereocenters. The van der Waals surface area contributed by atoms with Crippen molar-refractivity contribution in [1.82, 2.24) is 4.98 Å². The molecule has 1 N–H and O–H groups in total. The van der Waals surface area contributed by atoms with Gasteiger partial charge in [-0.25, -0.2) is 9.78 Å². The van der Waals surface area contributed by atoms with Crippen LogP contribution >= 0.6 is 0 Å². The summed E-state index contributed by atoms with van der Waals surface area (Å²) in [6.07, 6.45) is 0. The van der Waals surface area contributed by atoms with E-state index in [9.17, 15) is 9.59 Å². The first-order valence-electron chi connectivity index (χ1n) is 4.75. The second kappa shape index (κ2) is 3.77. The van der Waals surface area contributed by atoms with Crippen molar-refractivity contribution in [2.45, 2.75) is 13.8 Å². The summed E-state index contributed by atoms with van der Waals surface area (Å²) in [4.78, 5) is 26.5. The number of nitrogens with zero attached hydrogens (tertiary/aromatic N) is 1. The average Bonchev–Trinajstić information content (AvgIpc) is 2.18. The Labute approximate surface area is 91.1 Å². The van der Waals surface area contributed by atoms with E-state index < -0.39 is 5.63 Å². The van der Waals surface area contributed by atoms with Gasteiger partial charge in [-0.3, -0.25) is 4.79 Å². The zero-order chi connectivity index (χ0) is 11.7. The molecule has 82 valence electrons. The van der Waals surface area contributed by atoms with Crippen molar-refractivity contribution in [1.29, 1.82) is 0 Å². The van der Waals surface area contributed by atoms with Crippen LogP contribution in [0.25, 0.3) is 10.9 Å². The molecule has 5 nitrogen and oxygen atoms in total. The Kier molecular flexibility index (Phi) is 2.44. The number of benzene rings is 1. The van der Waals surface area contributed by atoms with Crippen LogP contribution in [-0.2, 0) is 4.79 Å². The van der Waals surface area contributed by atoms with Crippen LogP contribution in [-0.4, -0.2) is 10.9 Å². The molecule has 0 saturated carbocycles. The molecule has 0 fully saturated rings. The molecule has 0 radical (unpaired) electrons. The van der Waals surface area contributed by atoms with E-state index in [2.05, 4.69) is 10.3 Å². The highest BCUT2D eigenvalue weighted by Gasteiger charge is 2.05. The number of nitrogens with one attached hydrogen (secondary N) is 1. The van der Waals surface area contributed by atoms with Gasteiger partial charge < -0.3 is 9.73 Å². The molecule has 16 heavy (non-hydrogen) atoms. The normalized spacial score (nSPS) is 10.4. The summed E-state index contributed by atoms with van der Waals surface area (Å²) in [7, 11) is 0. The van der Waals surface area contributed by atoms with E-state index in [1.807, 2.05) is 0 Å². The number of carbonyl (C=O) groups is 1. The highest BCUT2D eigenvalue weighted by molar-refractivity contribution is 5.91. The molecule has 1 aromatic carbocycles. The largest absolute Gasteiger partial charge is 0.408 e. The maximum atomic E-state index is 11.5. The average molecular weight is 218 g/mol. The minimum absolute atomic E-state index is 0.191. The summed E-state index contributed by atoms with van der Waals surface area (Å²) < 4.78 is 4.87. The van der Waals surface area contributed by atoms with Crippen LogP contribution < -0.4 is 10.9 Å². The molecule has 0 aliphatic heterocycles. The van der Waals surface area contributed by atoms with Gasteiger partial charge in [0.2, 0.25) is 5.91 Å². The maximum absolute atomic E-state index is 11.5. The lowest BCUT2D eigenvalue weighted by atomic mass is 10.2. The predicted octanol–water partition coefficient (Wildman–Crippen LogP) is 1.45. The third kappa shape index (κ3) is 1.93. The number of fused-ring (bicyclic) bond motifs is 1. The summed E-state index contributed by atoms with van der Waals surface area (Å²) in [5.74, 6) is 0.133. The molecule has 0 aliphatic rings. The molecule has 0 aliphatic carbocycles. The monoisotopic (exact) mass is 218 g/mol. The van der Waals surface area contributed by atoms with E-state index in [0.717, 1.165) is 0 Å². The highest BCUT2D eigenvalue weighted by atomic mass is 16.4. The van der Waals surface area contributed by atoms with Gasteiger partial charge in [0.1, 0.15) is 0 Å². The first-order valence-corrected chi connectivity index (χ1v) is 4.75. The van der Waals surface area contributed by atoms with Crippen LogP contribution in [0.4, 0.5) is 5.69 Å². The van der Waals surface area contributed by atoms with Crippen LogP contribution in [0.2, 0.25) is 0 Å². The van der Waals surface area contributed by atoms with Gasteiger partial charge in [0.05, 0.1) is 10.9 Å². The standard InChI is InChI=1S/C11H10N2O3/c1-6(14)12-8-3-4-10-9(5-8)11(15)16-7(2)13-10/h3-5H,1-2H3,(H,12,14). The fourth-order valence-corrected chi connectivity index (χ4v) is 1.46. The molecular weight excluding hydrogens is 208 g/mol. The Hall–Kier alpha value is -2.17. The number of amides is 1. The Morgan fingerprint density at radius 1 is 1.44 bits per heavy atom. The fourth-order valence-electron chi connectivity index (χ4n) is 1.46. The maximum Gasteiger partial charge on any atom is 0.346 e. The van der Waals surface area contributed by atoms with Gasteiger partial charge in [-0.1, -0.05) is 0 Å². The van der Waals surface area contributed by atoms with E-state index in [1.165, 1.54) is 6.92 Å². The minimum Gasteiger partial charge on any atom is -0.408 e. The van der Waals surface area contributed by atoms with Crippen LogP contribution in [0.1, 0.15) is 12.8 Å². The van der Waals surface area contributed by atoms with Crippen LogP contribution in [0, 0.1) is 6.92 Å². The minimum atomic E-state index is -0.449. The third-order valence-electron chi connectivity index (χ3n) is 2.06. The van der Waals surface area contributed by atoms with Gasteiger partial charge in [0.15, 0.2) is 5.89 Å². The summed E-state index contributed by atoms with van der Waals surface area (Å²) in [5, 5.41) is 2.95. The SMILES string of the molecule is CC(=O)Nc1ccc2nc(C)oc(=O)c2c1. The van der Waals surface area contributed by atoms with Crippen LogP contribution in [0.5, 0.6) is 0 Å². The number of anilines is 1. The molecule has 0 bridgehead atoms. The topological polar surface area (TPSA) is 72.2 Å². The van der Waals surface area contributed by atoms with E-state index in [4.69, 9.17) is 4.42 Å². The van der Waals surface area contributed by atoms with Gasteiger partial charge in [-0.2, -0.15) is 0 Å². The second-order valence-electron chi connectivity index (χ2n) is 3.43. The third-order valence-corrected chi connectivity index (χ3v) is 2.06. The number of rotatable bonds is 1. The van der Waals surface area contributed by atoms with Crippen molar-refractivity contribution >= 4 is 22.5 Å². The molecule has 2 rings (SSSR count). The highest BCUT2D eigenvalue weighted by Crippen LogP contribution is 2.14. The van der Waals surface area contributed by atoms with Crippen molar-refractivity contribution in [2.24, 2.45) is 0 Å². The van der Waals surface area contributed by atoms with Crippen molar-refractivity contribution in [3.63, 3.8) is 0 Å². The molecule has 0 spiro atoms. The Bertz CT molecular complexity index is 616. The number of hydrogen-bond acceptors (Lipinski definition) is 4. The molecule has 2 aromatic rings. The molecule has 0 unspecified atom stereocenters. The first-order chi connectivity index (χ1) is 7.56. The van der Waals surface area contributed by atoms with Crippen molar-refractivity contribution < 1.29 is 9.21 Å². The number of aromatic nitrogens is 1. The summed E-state index contributed by atoms with van der Waals surface area (Å²) >= 11 is 0. The quantitative estimate of drug-likeness (QED) is 0.786. The Balaban J connectivity index is 2.62. The zero-order valence-electron chi connectivity index (χ0n) is 8.90. The predicted molar refractivity (Wildman–Crippen MR) is 59.3 cm³/mol. The molecule has 1 heterocycles. The fraction of sp³-hybridized carbons (Fsp3) is 0.182. The van der Waals surface area contributed by atoms with E-state index >= 15 is 0 Å². The van der Waals surface area contributed by atoms with E-state index in [0.29, 0.717) is 22.5 Å². The number of carbonyl (C=O) groups excluding carboxylic acids is 1. The number of hydrogen-bond donors (Lipinski definition) is 1. The molecule has 0 saturated heterocycles. The van der Waals surface area contributed by atoms with Crippen LogP contribution in [0.15, 0.2) is 27.4 Å². The Morgan fingerprint density at radius 2 is 2.19 bits per heavy atom. The van der Waals surface area contributed by atoms with Crippen LogP contribution in [0.3, 0.4) is 0 Å². The second-order valence-corrected chi connectivity index (χ2v) is 3.43. The lowest BCUT2D eigenvalue weighted by Crippen LogP contribution is -2.08. The lowest BCUT2D eigenvalue weighted by Gasteiger charge is -2.02. The smallest absolute Gasteiger partial charge is 0.346 e. The molecule has 5 heteroatoms. The van der Waals surface area contributed by atoms with E-state index in [1.54, 1.807) is 25.1 Å².